The van der Waals surface area contributed by atoms with Crippen LogP contribution < -0.4 is 0 Å². The summed E-state index contributed by atoms with van der Waals surface area (Å²) in [5.74, 6) is -2.44. The van der Waals surface area contributed by atoms with E-state index in [1.807, 2.05) is 0 Å². The fourth-order valence-electron chi connectivity index (χ4n) is 2.94. The van der Waals surface area contributed by atoms with Crippen LogP contribution in [-0.2, 0) is 23.9 Å². The molecule has 0 saturated heterocycles. The number of hydrogen-bond acceptors (Lipinski definition) is 5. The van der Waals surface area contributed by atoms with Gasteiger partial charge in [-0.2, -0.15) is 0 Å². The maximum absolute atomic E-state index is 13.2. The van der Waals surface area contributed by atoms with Crippen LogP contribution in [0.15, 0.2) is 35.5 Å². The molecule has 1 aromatic rings. The first-order chi connectivity index (χ1) is 11.7. The minimum atomic E-state index is -1.26. The lowest BCUT2D eigenvalue weighted by atomic mass is 9.85. The van der Waals surface area contributed by atoms with Crippen LogP contribution in [-0.4, -0.2) is 37.0 Å². The van der Waals surface area contributed by atoms with Gasteiger partial charge < -0.3 is 9.47 Å². The molecule has 6 nitrogen and oxygen atoms in total. The number of carbonyl (C=O) groups excluding carboxylic acids is 3. The van der Waals surface area contributed by atoms with E-state index in [0.29, 0.717) is 5.56 Å². The molecular weight excluding hydrogens is 329 g/mol. The molecule has 0 saturated carbocycles. The van der Waals surface area contributed by atoms with Gasteiger partial charge in [-0.05, 0) is 38.5 Å². The van der Waals surface area contributed by atoms with Gasteiger partial charge >= 0.3 is 11.9 Å². The van der Waals surface area contributed by atoms with Crippen LogP contribution in [0.1, 0.15) is 32.4 Å². The average molecular weight is 349 g/mol. The Kier molecular flexibility index (Phi) is 4.97. The van der Waals surface area contributed by atoms with Crippen LogP contribution in [0.25, 0.3) is 0 Å². The van der Waals surface area contributed by atoms with Gasteiger partial charge in [0.15, 0.2) is 0 Å². The van der Waals surface area contributed by atoms with Crippen LogP contribution in [0.2, 0.25) is 0 Å². The van der Waals surface area contributed by atoms with Crippen molar-refractivity contribution in [2.24, 2.45) is 5.41 Å². The predicted octanol–water partition coefficient (Wildman–Crippen LogP) is 2.36. The van der Waals surface area contributed by atoms with Crippen molar-refractivity contribution in [2.75, 3.05) is 14.2 Å². The van der Waals surface area contributed by atoms with Crippen molar-refractivity contribution in [3.8, 4) is 0 Å². The molecule has 1 aliphatic rings. The van der Waals surface area contributed by atoms with Crippen molar-refractivity contribution in [2.45, 2.75) is 26.8 Å². The Balaban J connectivity index is 2.63. The normalized spacial score (nSPS) is 17.5. The first-order valence-electron chi connectivity index (χ1n) is 7.67. The zero-order valence-electron chi connectivity index (χ0n) is 14.8. The second-order valence-electron chi connectivity index (χ2n) is 6.23. The SMILES string of the molecule is COC(=O)C1=C(C(=O)OC)C(C)(C)C(=O)N1C(C)c1ccc(F)cc1. The molecule has 0 aromatic heterocycles. The second kappa shape index (κ2) is 6.66. The first-order valence-corrected chi connectivity index (χ1v) is 7.67. The topological polar surface area (TPSA) is 72.9 Å². The third-order valence-corrected chi connectivity index (χ3v) is 4.36. The summed E-state index contributed by atoms with van der Waals surface area (Å²) in [6.07, 6.45) is 0. The molecule has 1 aromatic carbocycles. The van der Waals surface area contributed by atoms with Crippen LogP contribution in [0.4, 0.5) is 4.39 Å². The largest absolute Gasteiger partial charge is 0.466 e. The Morgan fingerprint density at radius 2 is 1.60 bits per heavy atom. The number of esters is 2. The van der Waals surface area contributed by atoms with E-state index in [1.54, 1.807) is 20.8 Å². The highest BCUT2D eigenvalue weighted by Crippen LogP contribution is 2.44. The summed E-state index contributed by atoms with van der Waals surface area (Å²) in [5, 5.41) is 0. The van der Waals surface area contributed by atoms with Crippen LogP contribution in [0.3, 0.4) is 0 Å². The Labute approximate surface area is 145 Å². The summed E-state index contributed by atoms with van der Waals surface area (Å²) < 4.78 is 22.7. The third-order valence-electron chi connectivity index (χ3n) is 4.36. The van der Waals surface area contributed by atoms with Crippen molar-refractivity contribution in [1.29, 1.82) is 0 Å². The Bertz CT molecular complexity index is 751. The predicted molar refractivity (Wildman–Crippen MR) is 86.5 cm³/mol. The zero-order chi connectivity index (χ0) is 18.9. The molecule has 134 valence electrons. The van der Waals surface area contributed by atoms with Crippen molar-refractivity contribution in [3.05, 3.63) is 46.9 Å². The van der Waals surface area contributed by atoms with Crippen molar-refractivity contribution < 1.29 is 28.2 Å². The molecule has 0 radical (unpaired) electrons. The Hall–Kier alpha value is -2.70. The quantitative estimate of drug-likeness (QED) is 0.780. The van der Waals surface area contributed by atoms with Gasteiger partial charge in [0.25, 0.3) is 0 Å². The highest BCUT2D eigenvalue weighted by atomic mass is 19.1. The van der Waals surface area contributed by atoms with Gasteiger partial charge in [0.2, 0.25) is 5.91 Å². The molecule has 1 unspecified atom stereocenters. The van der Waals surface area contributed by atoms with Gasteiger partial charge in [-0.15, -0.1) is 0 Å². The van der Waals surface area contributed by atoms with Gasteiger partial charge in [-0.25, -0.2) is 14.0 Å². The van der Waals surface area contributed by atoms with E-state index in [1.165, 1.54) is 43.4 Å². The number of hydrogen-bond donors (Lipinski definition) is 0. The summed E-state index contributed by atoms with van der Waals surface area (Å²) in [4.78, 5) is 38.8. The molecule has 0 bridgehead atoms. The van der Waals surface area contributed by atoms with Gasteiger partial charge in [-0.1, -0.05) is 12.1 Å². The molecule has 1 amide bonds. The van der Waals surface area contributed by atoms with E-state index in [-0.39, 0.29) is 11.3 Å². The second-order valence-corrected chi connectivity index (χ2v) is 6.23. The highest BCUT2D eigenvalue weighted by molar-refractivity contribution is 6.12. The molecule has 1 atom stereocenters. The van der Waals surface area contributed by atoms with Crippen molar-refractivity contribution in [1.82, 2.24) is 4.90 Å². The number of amides is 1. The van der Waals surface area contributed by atoms with E-state index < -0.39 is 35.1 Å². The summed E-state index contributed by atoms with van der Waals surface area (Å²) in [6, 6.07) is 4.96. The summed E-state index contributed by atoms with van der Waals surface area (Å²) >= 11 is 0. The number of rotatable bonds is 4. The minimum Gasteiger partial charge on any atom is -0.466 e. The number of benzene rings is 1. The summed E-state index contributed by atoms with van der Waals surface area (Å²) in [6.45, 7) is 4.77. The highest BCUT2D eigenvalue weighted by Gasteiger charge is 2.53. The number of methoxy groups -OCH3 is 2. The Morgan fingerprint density at radius 1 is 1.08 bits per heavy atom. The molecule has 0 N–H and O–H groups in total. The van der Waals surface area contributed by atoms with E-state index >= 15 is 0 Å². The molecule has 2 rings (SSSR count). The van der Waals surface area contributed by atoms with Crippen molar-refractivity contribution in [3.63, 3.8) is 0 Å². The molecule has 1 heterocycles. The van der Waals surface area contributed by atoms with E-state index in [9.17, 15) is 18.8 Å². The average Bonchev–Trinajstić information content (AvgIpc) is 2.80. The number of ether oxygens (including phenoxy) is 2. The van der Waals surface area contributed by atoms with Gasteiger partial charge in [-0.3, -0.25) is 9.69 Å². The van der Waals surface area contributed by atoms with Gasteiger partial charge in [0.05, 0.1) is 31.2 Å². The number of carbonyl (C=O) groups is 3. The molecule has 7 heteroatoms. The van der Waals surface area contributed by atoms with E-state index in [0.717, 1.165) is 0 Å². The molecule has 0 aliphatic carbocycles. The lowest BCUT2D eigenvalue weighted by Gasteiger charge is -2.28. The standard InChI is InChI=1S/C18H20FNO5/c1-10(11-6-8-12(19)9-7-11)20-14(16(22)25-5)13(15(21)24-4)18(2,3)17(20)23/h6-10H,1-5H3. The molecule has 0 fully saturated rings. The molecule has 25 heavy (non-hydrogen) atoms. The Morgan fingerprint density at radius 3 is 2.08 bits per heavy atom. The maximum Gasteiger partial charge on any atom is 0.355 e. The first kappa shape index (κ1) is 18.6. The smallest absolute Gasteiger partial charge is 0.355 e. The van der Waals surface area contributed by atoms with Crippen LogP contribution in [0, 0.1) is 11.2 Å². The fraction of sp³-hybridized carbons (Fsp3) is 0.389. The maximum atomic E-state index is 13.2. The lowest BCUT2D eigenvalue weighted by molar-refractivity contribution is -0.143. The molecule has 1 aliphatic heterocycles. The third kappa shape index (κ3) is 3.01. The van der Waals surface area contributed by atoms with E-state index in [2.05, 4.69) is 0 Å². The van der Waals surface area contributed by atoms with Gasteiger partial charge in [0.1, 0.15) is 11.5 Å². The van der Waals surface area contributed by atoms with Crippen molar-refractivity contribution >= 4 is 17.8 Å². The summed E-state index contributed by atoms with van der Waals surface area (Å²) in [7, 11) is 2.34. The molecule has 0 spiro atoms. The van der Waals surface area contributed by atoms with Gasteiger partial charge in [0, 0.05) is 0 Å². The summed E-state index contributed by atoms with van der Waals surface area (Å²) in [5.41, 5.74) is -0.856. The number of nitrogens with zero attached hydrogens (tertiary/aromatic N) is 1. The number of halogens is 1. The van der Waals surface area contributed by atoms with Crippen LogP contribution >= 0.6 is 0 Å². The molecular formula is C18H20FNO5. The minimum absolute atomic E-state index is 0.0548. The lowest BCUT2D eigenvalue weighted by Crippen LogP contribution is -2.37. The fourth-order valence-corrected chi connectivity index (χ4v) is 2.94. The zero-order valence-corrected chi connectivity index (χ0v) is 14.8. The van der Waals surface area contributed by atoms with E-state index in [4.69, 9.17) is 9.47 Å². The van der Waals surface area contributed by atoms with Crippen LogP contribution in [0.5, 0.6) is 0 Å². The monoisotopic (exact) mass is 349 g/mol.